The van der Waals surface area contributed by atoms with Crippen LogP contribution in [0.3, 0.4) is 0 Å². The van der Waals surface area contributed by atoms with E-state index in [-0.39, 0.29) is 0 Å². The number of hydrogen-bond acceptors (Lipinski definition) is 3. The van der Waals surface area contributed by atoms with Gasteiger partial charge >= 0.3 is 0 Å². The first-order chi connectivity index (χ1) is 10.3. The van der Waals surface area contributed by atoms with Gasteiger partial charge in [-0.25, -0.2) is 4.98 Å². The van der Waals surface area contributed by atoms with Crippen molar-refractivity contribution in [3.8, 4) is 0 Å². The summed E-state index contributed by atoms with van der Waals surface area (Å²) in [6, 6.07) is 0.468. The van der Waals surface area contributed by atoms with Gasteiger partial charge in [0.25, 0.3) is 0 Å². The van der Waals surface area contributed by atoms with Crippen LogP contribution in [-0.4, -0.2) is 11.5 Å². The molecule has 0 bridgehead atoms. The van der Waals surface area contributed by atoms with E-state index in [0.29, 0.717) is 6.04 Å². The highest BCUT2D eigenvalue weighted by Crippen LogP contribution is 2.22. The zero-order valence-corrected chi connectivity index (χ0v) is 15.1. The summed E-state index contributed by atoms with van der Waals surface area (Å²) in [4.78, 5) is 4.67. The molecule has 1 N–H and O–H groups in total. The van der Waals surface area contributed by atoms with Crippen LogP contribution in [0.1, 0.15) is 94.8 Å². The van der Waals surface area contributed by atoms with Crippen molar-refractivity contribution in [2.24, 2.45) is 0 Å². The minimum Gasteiger partial charge on any atom is -0.309 e. The minimum atomic E-state index is 0.468. The molecule has 0 radical (unpaired) electrons. The lowest BCUT2D eigenvalue weighted by molar-refractivity contribution is 0.458. The van der Waals surface area contributed by atoms with Crippen LogP contribution in [0.2, 0.25) is 0 Å². The molecule has 21 heavy (non-hydrogen) atoms. The summed E-state index contributed by atoms with van der Waals surface area (Å²) in [5.41, 5.74) is 1.26. The van der Waals surface area contributed by atoms with Gasteiger partial charge in [-0.3, -0.25) is 0 Å². The van der Waals surface area contributed by atoms with Crippen molar-refractivity contribution in [3.63, 3.8) is 0 Å². The molecule has 0 spiro atoms. The van der Waals surface area contributed by atoms with Gasteiger partial charge in [0.2, 0.25) is 0 Å². The van der Waals surface area contributed by atoms with Crippen molar-refractivity contribution in [1.82, 2.24) is 10.3 Å². The van der Waals surface area contributed by atoms with Gasteiger partial charge < -0.3 is 5.32 Å². The molecule has 2 nitrogen and oxygen atoms in total. The van der Waals surface area contributed by atoms with E-state index in [1.165, 1.54) is 74.9 Å². The number of aryl methyl sites for hydroxylation is 1. The summed E-state index contributed by atoms with van der Waals surface area (Å²) < 4.78 is 0. The zero-order chi connectivity index (χ0) is 15.3. The largest absolute Gasteiger partial charge is 0.309 e. The molecule has 0 aliphatic heterocycles. The Morgan fingerprint density at radius 2 is 1.67 bits per heavy atom. The topological polar surface area (TPSA) is 24.9 Å². The Morgan fingerprint density at radius 3 is 2.24 bits per heavy atom. The first-order valence-corrected chi connectivity index (χ1v) is 9.81. The van der Waals surface area contributed by atoms with E-state index in [9.17, 15) is 0 Å². The maximum absolute atomic E-state index is 4.67. The van der Waals surface area contributed by atoms with Crippen LogP contribution >= 0.6 is 11.3 Å². The van der Waals surface area contributed by atoms with E-state index >= 15 is 0 Å². The predicted octanol–water partition coefficient (Wildman–Crippen LogP) is 6.02. The van der Waals surface area contributed by atoms with Gasteiger partial charge in [0.15, 0.2) is 0 Å². The smallest absolute Gasteiger partial charge is 0.0898 e. The number of hydrogen-bond donors (Lipinski definition) is 1. The molecule has 1 heterocycles. The van der Waals surface area contributed by atoms with Crippen molar-refractivity contribution in [2.45, 2.75) is 91.0 Å². The monoisotopic (exact) mass is 310 g/mol. The Morgan fingerprint density at radius 1 is 1.00 bits per heavy atom. The molecular formula is C18H34N2S. The maximum Gasteiger partial charge on any atom is 0.0898 e. The normalized spacial score (nSPS) is 12.7. The quantitative estimate of drug-likeness (QED) is 0.450. The lowest BCUT2D eigenvalue weighted by Gasteiger charge is -2.16. The molecule has 1 aromatic heterocycles. The van der Waals surface area contributed by atoms with Gasteiger partial charge in [0.05, 0.1) is 16.7 Å². The summed E-state index contributed by atoms with van der Waals surface area (Å²) in [5.74, 6) is 0. The molecule has 0 aliphatic rings. The van der Waals surface area contributed by atoms with Crippen molar-refractivity contribution >= 4 is 11.3 Å². The second kappa shape index (κ2) is 12.2. The standard InChI is InChI=1S/C18H34N2S/c1-4-6-7-8-9-10-11-12-13-17(19-14-5-2)18-15-21-16(3)20-18/h15,17,19H,4-14H2,1-3H3. The number of nitrogens with one attached hydrogen (secondary N) is 1. The number of unbranched alkanes of at least 4 members (excludes halogenated alkanes) is 7. The summed E-state index contributed by atoms with van der Waals surface area (Å²) in [6.45, 7) is 7.70. The number of aromatic nitrogens is 1. The van der Waals surface area contributed by atoms with Crippen LogP contribution in [-0.2, 0) is 0 Å². The van der Waals surface area contributed by atoms with E-state index in [1.54, 1.807) is 11.3 Å². The fourth-order valence-corrected chi connectivity index (χ4v) is 3.36. The number of nitrogens with zero attached hydrogens (tertiary/aromatic N) is 1. The molecule has 0 saturated heterocycles. The average Bonchev–Trinajstić information content (AvgIpc) is 2.91. The fourth-order valence-electron chi connectivity index (χ4n) is 2.70. The van der Waals surface area contributed by atoms with Crippen LogP contribution in [0.4, 0.5) is 0 Å². The highest BCUT2D eigenvalue weighted by atomic mass is 32.1. The molecule has 0 fully saturated rings. The van der Waals surface area contributed by atoms with Crippen LogP contribution in [0.15, 0.2) is 5.38 Å². The Hall–Kier alpha value is -0.410. The second-order valence-corrected chi connectivity index (χ2v) is 7.12. The average molecular weight is 311 g/mol. The Balaban J connectivity index is 2.18. The van der Waals surface area contributed by atoms with Gasteiger partial charge in [0, 0.05) is 5.38 Å². The van der Waals surface area contributed by atoms with E-state index in [4.69, 9.17) is 0 Å². The van der Waals surface area contributed by atoms with E-state index < -0.39 is 0 Å². The molecule has 0 aliphatic carbocycles. The number of thiazole rings is 1. The third-order valence-corrected chi connectivity index (χ3v) is 4.77. The fraction of sp³-hybridized carbons (Fsp3) is 0.833. The SMILES string of the molecule is CCCCCCCCCCC(NCCC)c1csc(C)n1. The first kappa shape index (κ1) is 18.6. The molecule has 1 atom stereocenters. The Bertz CT molecular complexity index is 349. The molecule has 1 rings (SSSR count). The van der Waals surface area contributed by atoms with E-state index in [2.05, 4.69) is 36.5 Å². The molecule has 0 aromatic carbocycles. The third-order valence-electron chi connectivity index (χ3n) is 3.98. The molecule has 3 heteroatoms. The van der Waals surface area contributed by atoms with Crippen molar-refractivity contribution in [2.75, 3.05) is 6.54 Å². The molecule has 1 aromatic rings. The van der Waals surface area contributed by atoms with Crippen LogP contribution < -0.4 is 5.32 Å². The summed E-state index contributed by atoms with van der Waals surface area (Å²) in [5, 5.41) is 7.08. The van der Waals surface area contributed by atoms with Gasteiger partial charge in [-0.05, 0) is 26.3 Å². The highest BCUT2D eigenvalue weighted by Gasteiger charge is 2.13. The van der Waals surface area contributed by atoms with Crippen molar-refractivity contribution in [3.05, 3.63) is 16.1 Å². The molecule has 122 valence electrons. The Kier molecular flexibility index (Phi) is 10.8. The minimum absolute atomic E-state index is 0.468. The molecule has 0 saturated carbocycles. The highest BCUT2D eigenvalue weighted by molar-refractivity contribution is 7.09. The summed E-state index contributed by atoms with van der Waals surface area (Å²) >= 11 is 1.77. The summed E-state index contributed by atoms with van der Waals surface area (Å²) in [7, 11) is 0. The lowest BCUT2D eigenvalue weighted by atomic mass is 10.0. The van der Waals surface area contributed by atoms with Gasteiger partial charge in [-0.1, -0.05) is 65.2 Å². The van der Waals surface area contributed by atoms with Gasteiger partial charge in [-0.2, -0.15) is 0 Å². The van der Waals surface area contributed by atoms with Crippen LogP contribution in [0.25, 0.3) is 0 Å². The van der Waals surface area contributed by atoms with E-state index in [1.807, 2.05) is 0 Å². The van der Waals surface area contributed by atoms with Crippen LogP contribution in [0, 0.1) is 6.92 Å². The van der Waals surface area contributed by atoms with Gasteiger partial charge in [0.1, 0.15) is 0 Å². The zero-order valence-electron chi connectivity index (χ0n) is 14.3. The van der Waals surface area contributed by atoms with Crippen LogP contribution in [0.5, 0.6) is 0 Å². The second-order valence-electron chi connectivity index (χ2n) is 6.06. The molecule has 1 unspecified atom stereocenters. The maximum atomic E-state index is 4.67. The predicted molar refractivity (Wildman–Crippen MR) is 95.1 cm³/mol. The number of rotatable bonds is 13. The van der Waals surface area contributed by atoms with Crippen molar-refractivity contribution in [1.29, 1.82) is 0 Å². The molecule has 0 amide bonds. The third kappa shape index (κ3) is 8.57. The lowest BCUT2D eigenvalue weighted by Crippen LogP contribution is -2.22. The van der Waals surface area contributed by atoms with Crippen molar-refractivity contribution < 1.29 is 0 Å². The van der Waals surface area contributed by atoms with Gasteiger partial charge in [-0.15, -0.1) is 11.3 Å². The molecular weight excluding hydrogens is 276 g/mol. The Labute approximate surface area is 135 Å². The van der Waals surface area contributed by atoms with E-state index in [0.717, 1.165) is 6.54 Å². The first-order valence-electron chi connectivity index (χ1n) is 8.93. The summed E-state index contributed by atoms with van der Waals surface area (Å²) in [6.07, 6.45) is 13.6.